The minimum Gasteiger partial charge on any atom is -0.467 e. The zero-order chi connectivity index (χ0) is 18.5. The largest absolute Gasteiger partial charge is 0.467 e. The summed E-state index contributed by atoms with van der Waals surface area (Å²) in [5.41, 5.74) is 2.24. The maximum atomic E-state index is 12.5. The molecule has 1 fully saturated rings. The maximum Gasteiger partial charge on any atom is 0.274 e. The molecule has 7 nitrogen and oxygen atoms in total. The molecule has 1 saturated heterocycles. The van der Waals surface area contributed by atoms with E-state index in [0.717, 1.165) is 24.5 Å². The summed E-state index contributed by atoms with van der Waals surface area (Å²) in [6, 6.07) is 13.2. The molecule has 0 unspecified atom stereocenters. The first-order valence-corrected chi connectivity index (χ1v) is 9.03. The summed E-state index contributed by atoms with van der Waals surface area (Å²) in [5.74, 6) is 0.877. The van der Waals surface area contributed by atoms with Crippen LogP contribution in [0.4, 0.5) is 17.3 Å². The van der Waals surface area contributed by atoms with Crippen molar-refractivity contribution in [3.05, 3.63) is 66.4 Å². The van der Waals surface area contributed by atoms with Gasteiger partial charge in [0.05, 0.1) is 12.8 Å². The quantitative estimate of drug-likeness (QED) is 0.697. The number of anilines is 3. The Kier molecular flexibility index (Phi) is 5.00. The highest BCUT2D eigenvalue weighted by Gasteiger charge is 2.13. The SMILES string of the molecule is O=C(Nc1ccc(N2CCCC2)cc1)c1ccnc(NCc2ccco2)n1. The number of rotatable bonds is 6. The average molecular weight is 363 g/mol. The van der Waals surface area contributed by atoms with Crippen molar-refractivity contribution >= 4 is 23.2 Å². The normalized spacial score (nSPS) is 13.6. The van der Waals surface area contributed by atoms with Crippen molar-refractivity contribution < 1.29 is 9.21 Å². The lowest BCUT2D eigenvalue weighted by Gasteiger charge is -2.17. The zero-order valence-electron chi connectivity index (χ0n) is 14.9. The third-order valence-corrected chi connectivity index (χ3v) is 4.49. The number of carbonyl (C=O) groups is 1. The van der Waals surface area contributed by atoms with Crippen molar-refractivity contribution in [1.82, 2.24) is 9.97 Å². The molecular formula is C20H21N5O2. The Morgan fingerprint density at radius 2 is 1.93 bits per heavy atom. The van der Waals surface area contributed by atoms with Crippen LogP contribution in [-0.4, -0.2) is 29.0 Å². The molecule has 1 aliphatic rings. The van der Waals surface area contributed by atoms with Crippen molar-refractivity contribution in [2.24, 2.45) is 0 Å². The van der Waals surface area contributed by atoms with Crippen LogP contribution in [-0.2, 0) is 6.54 Å². The van der Waals surface area contributed by atoms with Gasteiger partial charge in [0.2, 0.25) is 5.95 Å². The standard InChI is InChI=1S/C20H21N5O2/c26-19(23-15-5-7-16(8-6-15)25-11-1-2-12-25)18-9-10-21-20(24-18)22-14-17-4-3-13-27-17/h3-10,13H,1-2,11-12,14H2,(H,23,26)(H,21,22,24). The number of hydrogen-bond donors (Lipinski definition) is 2. The van der Waals surface area contributed by atoms with E-state index < -0.39 is 0 Å². The number of amides is 1. The van der Waals surface area contributed by atoms with Crippen molar-refractivity contribution in [3.8, 4) is 0 Å². The number of nitrogens with zero attached hydrogens (tertiary/aromatic N) is 3. The number of nitrogens with one attached hydrogen (secondary N) is 2. The van der Waals surface area contributed by atoms with E-state index in [4.69, 9.17) is 4.42 Å². The molecule has 3 heterocycles. The predicted octanol–water partition coefficient (Wildman–Crippen LogP) is 3.53. The first kappa shape index (κ1) is 17.1. The fraction of sp³-hybridized carbons (Fsp3) is 0.250. The van der Waals surface area contributed by atoms with Crippen molar-refractivity contribution in [1.29, 1.82) is 0 Å². The second-order valence-electron chi connectivity index (χ2n) is 6.39. The van der Waals surface area contributed by atoms with Gasteiger partial charge in [-0.25, -0.2) is 9.97 Å². The molecule has 2 N–H and O–H groups in total. The second kappa shape index (κ2) is 7.90. The van der Waals surface area contributed by atoms with Gasteiger partial charge in [0.1, 0.15) is 11.5 Å². The summed E-state index contributed by atoms with van der Waals surface area (Å²) >= 11 is 0. The number of carbonyl (C=O) groups excluding carboxylic acids is 1. The summed E-state index contributed by atoms with van der Waals surface area (Å²) < 4.78 is 5.26. The van der Waals surface area contributed by atoms with Crippen molar-refractivity contribution in [2.75, 3.05) is 28.6 Å². The smallest absolute Gasteiger partial charge is 0.274 e. The van der Waals surface area contributed by atoms with Gasteiger partial charge in [0.15, 0.2) is 0 Å². The van der Waals surface area contributed by atoms with Gasteiger partial charge < -0.3 is 20.0 Å². The van der Waals surface area contributed by atoms with Gasteiger partial charge >= 0.3 is 0 Å². The molecule has 0 aliphatic carbocycles. The van der Waals surface area contributed by atoms with E-state index in [-0.39, 0.29) is 5.91 Å². The zero-order valence-corrected chi connectivity index (χ0v) is 14.9. The van der Waals surface area contributed by atoms with Crippen LogP contribution in [0, 0.1) is 0 Å². The van der Waals surface area contributed by atoms with E-state index in [9.17, 15) is 4.79 Å². The minimum atomic E-state index is -0.271. The molecule has 1 aliphatic heterocycles. The maximum absolute atomic E-state index is 12.5. The lowest BCUT2D eigenvalue weighted by atomic mass is 10.2. The van der Waals surface area contributed by atoms with Crippen LogP contribution in [0.25, 0.3) is 0 Å². The van der Waals surface area contributed by atoms with E-state index in [2.05, 4.69) is 25.5 Å². The molecular weight excluding hydrogens is 342 g/mol. The molecule has 0 atom stereocenters. The lowest BCUT2D eigenvalue weighted by Crippen LogP contribution is -2.18. The van der Waals surface area contributed by atoms with Gasteiger partial charge in [-0.05, 0) is 55.3 Å². The first-order chi connectivity index (χ1) is 13.3. The van der Waals surface area contributed by atoms with Crippen molar-refractivity contribution in [2.45, 2.75) is 19.4 Å². The number of benzene rings is 1. The molecule has 0 saturated carbocycles. The third-order valence-electron chi connectivity index (χ3n) is 4.49. The van der Waals surface area contributed by atoms with Crippen LogP contribution in [0.1, 0.15) is 29.1 Å². The van der Waals surface area contributed by atoms with Gasteiger partial charge in [-0.2, -0.15) is 0 Å². The molecule has 1 amide bonds. The van der Waals surface area contributed by atoms with Gasteiger partial charge in [0, 0.05) is 30.7 Å². The van der Waals surface area contributed by atoms with Crippen LogP contribution in [0.15, 0.2) is 59.3 Å². The summed E-state index contributed by atoms with van der Waals surface area (Å²) in [7, 11) is 0. The van der Waals surface area contributed by atoms with Gasteiger partial charge in [-0.3, -0.25) is 4.79 Å². The van der Waals surface area contributed by atoms with Crippen LogP contribution in [0.2, 0.25) is 0 Å². The molecule has 1 aromatic carbocycles. The Balaban J connectivity index is 1.38. The Morgan fingerprint density at radius 3 is 2.67 bits per heavy atom. The lowest BCUT2D eigenvalue weighted by molar-refractivity contribution is 0.102. The molecule has 2 aromatic heterocycles. The highest BCUT2D eigenvalue weighted by atomic mass is 16.3. The highest BCUT2D eigenvalue weighted by molar-refractivity contribution is 6.03. The van der Waals surface area contributed by atoms with E-state index in [1.807, 2.05) is 36.4 Å². The summed E-state index contributed by atoms with van der Waals surface area (Å²) in [6.07, 6.45) is 5.64. The average Bonchev–Trinajstić information content (AvgIpc) is 3.41. The summed E-state index contributed by atoms with van der Waals surface area (Å²) in [5, 5.41) is 5.92. The van der Waals surface area contributed by atoms with Crippen LogP contribution in [0.3, 0.4) is 0 Å². The predicted molar refractivity (Wildman–Crippen MR) is 104 cm³/mol. The Bertz CT molecular complexity index is 887. The Labute approximate surface area is 157 Å². The third kappa shape index (κ3) is 4.25. The van der Waals surface area contributed by atoms with Crippen LogP contribution >= 0.6 is 0 Å². The number of hydrogen-bond acceptors (Lipinski definition) is 6. The summed E-state index contributed by atoms with van der Waals surface area (Å²) in [6.45, 7) is 2.65. The van der Waals surface area contributed by atoms with Gasteiger partial charge in [-0.15, -0.1) is 0 Å². The fourth-order valence-corrected chi connectivity index (χ4v) is 3.08. The van der Waals surface area contributed by atoms with Gasteiger partial charge in [-0.1, -0.05) is 0 Å². The Morgan fingerprint density at radius 1 is 1.11 bits per heavy atom. The fourth-order valence-electron chi connectivity index (χ4n) is 3.08. The molecule has 3 aromatic rings. The van der Waals surface area contributed by atoms with E-state index in [1.54, 1.807) is 18.5 Å². The van der Waals surface area contributed by atoms with Crippen LogP contribution < -0.4 is 15.5 Å². The second-order valence-corrected chi connectivity index (χ2v) is 6.39. The van der Waals surface area contributed by atoms with E-state index in [1.165, 1.54) is 18.5 Å². The molecule has 4 rings (SSSR count). The first-order valence-electron chi connectivity index (χ1n) is 9.03. The van der Waals surface area contributed by atoms with E-state index >= 15 is 0 Å². The van der Waals surface area contributed by atoms with Crippen molar-refractivity contribution in [3.63, 3.8) is 0 Å². The number of aromatic nitrogens is 2. The molecule has 7 heteroatoms. The summed E-state index contributed by atoms with van der Waals surface area (Å²) in [4.78, 5) is 23.2. The molecule has 0 bridgehead atoms. The molecule has 138 valence electrons. The minimum absolute atomic E-state index is 0.271. The molecule has 27 heavy (non-hydrogen) atoms. The van der Waals surface area contributed by atoms with Gasteiger partial charge in [0.25, 0.3) is 5.91 Å². The van der Waals surface area contributed by atoms with E-state index in [0.29, 0.717) is 18.2 Å². The monoisotopic (exact) mass is 363 g/mol. The molecule has 0 spiro atoms. The highest BCUT2D eigenvalue weighted by Crippen LogP contribution is 2.22. The number of furan rings is 1. The van der Waals surface area contributed by atoms with Crippen LogP contribution in [0.5, 0.6) is 0 Å². The Hall–Kier alpha value is -3.35. The molecule has 0 radical (unpaired) electrons. The topological polar surface area (TPSA) is 83.3 Å².